The fourth-order valence-electron chi connectivity index (χ4n) is 2.67. The molecule has 0 aliphatic carbocycles. The van der Waals surface area contributed by atoms with Crippen LogP contribution in [0.5, 0.6) is 0 Å². The monoisotopic (exact) mass is 198 g/mol. The summed E-state index contributed by atoms with van der Waals surface area (Å²) in [4.78, 5) is 5.04. The number of hydrogen-bond donors (Lipinski definition) is 0. The second kappa shape index (κ2) is 5.72. The van der Waals surface area contributed by atoms with Crippen molar-refractivity contribution in [2.45, 2.75) is 45.7 Å². The minimum absolute atomic E-state index is 0.701. The molecule has 1 aliphatic rings. The third-order valence-corrected chi connectivity index (χ3v) is 3.58. The highest BCUT2D eigenvalue weighted by atomic mass is 15.4. The summed E-state index contributed by atoms with van der Waals surface area (Å²) in [7, 11) is 4.53. The first kappa shape index (κ1) is 12.0. The first-order valence-electron chi connectivity index (χ1n) is 6.11. The lowest BCUT2D eigenvalue weighted by Crippen LogP contribution is -2.40. The summed E-state index contributed by atoms with van der Waals surface area (Å²) >= 11 is 0. The van der Waals surface area contributed by atoms with E-state index in [1.165, 1.54) is 38.8 Å². The zero-order chi connectivity index (χ0) is 10.6. The molecule has 1 unspecified atom stereocenters. The number of unbranched alkanes of at least 4 members (excludes halogenated alkanes) is 1. The third kappa shape index (κ3) is 2.71. The van der Waals surface area contributed by atoms with Gasteiger partial charge in [-0.15, -0.1) is 0 Å². The molecule has 1 fully saturated rings. The van der Waals surface area contributed by atoms with E-state index in [1.807, 2.05) is 0 Å². The lowest BCUT2D eigenvalue weighted by molar-refractivity contribution is 0.107. The van der Waals surface area contributed by atoms with Gasteiger partial charge in [-0.3, -0.25) is 9.80 Å². The van der Waals surface area contributed by atoms with Gasteiger partial charge in [-0.05, 0) is 26.4 Å². The Kier molecular flexibility index (Phi) is 4.90. The predicted molar refractivity (Wildman–Crippen MR) is 62.4 cm³/mol. The molecule has 2 nitrogen and oxygen atoms in total. The smallest absolute Gasteiger partial charge is 0.0647 e. The molecule has 1 aliphatic heterocycles. The van der Waals surface area contributed by atoms with Crippen molar-refractivity contribution in [3.05, 3.63) is 0 Å². The molecule has 84 valence electrons. The first-order chi connectivity index (χ1) is 6.70. The molecule has 14 heavy (non-hydrogen) atoms. The molecule has 1 rings (SSSR count). The molecule has 0 amide bonds. The summed E-state index contributed by atoms with van der Waals surface area (Å²) in [5, 5.41) is 0. The number of likely N-dealkylation sites (N-methyl/N-ethyl adjacent to an activating group) is 2. The van der Waals surface area contributed by atoms with Gasteiger partial charge in [0.1, 0.15) is 0 Å². The minimum atomic E-state index is 0.701. The van der Waals surface area contributed by atoms with Crippen LogP contribution in [0.4, 0.5) is 0 Å². The van der Waals surface area contributed by atoms with Crippen molar-refractivity contribution in [3.63, 3.8) is 0 Å². The Morgan fingerprint density at radius 2 is 1.71 bits per heavy atom. The Hall–Kier alpha value is -0.0800. The molecule has 0 aromatic rings. The summed E-state index contributed by atoms with van der Waals surface area (Å²) in [6.07, 6.45) is 6.13. The highest BCUT2D eigenvalue weighted by molar-refractivity contribution is 4.82. The van der Waals surface area contributed by atoms with Gasteiger partial charge in [-0.2, -0.15) is 0 Å². The quantitative estimate of drug-likeness (QED) is 0.669. The maximum Gasteiger partial charge on any atom is 0.0647 e. The first-order valence-corrected chi connectivity index (χ1v) is 6.11. The van der Waals surface area contributed by atoms with Crippen molar-refractivity contribution in [3.8, 4) is 0 Å². The fraction of sp³-hybridized carbons (Fsp3) is 1.00. The van der Waals surface area contributed by atoms with Crippen LogP contribution < -0.4 is 0 Å². The Bertz CT molecular complexity index is 148. The zero-order valence-electron chi connectivity index (χ0n) is 10.3. The molecule has 0 radical (unpaired) electrons. The van der Waals surface area contributed by atoms with Gasteiger partial charge in [0.2, 0.25) is 0 Å². The summed E-state index contributed by atoms with van der Waals surface area (Å²) in [5.74, 6) is 0.868. The summed E-state index contributed by atoms with van der Waals surface area (Å²) in [6, 6.07) is 0. The maximum absolute atomic E-state index is 2.52. The highest BCUT2D eigenvalue weighted by Gasteiger charge is 2.31. The topological polar surface area (TPSA) is 6.48 Å². The standard InChI is InChI=1S/C12H26N2/c1-5-7-8-11(6-2)12-13(3)9-10-14(12)4/h11-12H,5-10H2,1-4H3. The number of rotatable bonds is 5. The van der Waals surface area contributed by atoms with Gasteiger partial charge in [0.15, 0.2) is 0 Å². The van der Waals surface area contributed by atoms with Crippen LogP contribution in [-0.2, 0) is 0 Å². The lowest BCUT2D eigenvalue weighted by atomic mass is 9.95. The third-order valence-electron chi connectivity index (χ3n) is 3.58. The van der Waals surface area contributed by atoms with Gasteiger partial charge in [0, 0.05) is 13.1 Å². The maximum atomic E-state index is 2.52. The molecule has 0 bridgehead atoms. The van der Waals surface area contributed by atoms with E-state index in [9.17, 15) is 0 Å². The molecule has 1 heterocycles. The van der Waals surface area contributed by atoms with Crippen LogP contribution in [0, 0.1) is 5.92 Å². The van der Waals surface area contributed by atoms with Crippen molar-refractivity contribution >= 4 is 0 Å². The van der Waals surface area contributed by atoms with E-state index in [-0.39, 0.29) is 0 Å². The summed E-state index contributed by atoms with van der Waals surface area (Å²) in [5.41, 5.74) is 0. The minimum Gasteiger partial charge on any atom is -0.289 e. The number of hydrogen-bond acceptors (Lipinski definition) is 2. The van der Waals surface area contributed by atoms with Crippen molar-refractivity contribution in [2.24, 2.45) is 5.92 Å². The highest BCUT2D eigenvalue weighted by Crippen LogP contribution is 2.25. The Morgan fingerprint density at radius 1 is 1.14 bits per heavy atom. The van der Waals surface area contributed by atoms with Crippen LogP contribution in [0.15, 0.2) is 0 Å². The van der Waals surface area contributed by atoms with Crippen molar-refractivity contribution in [1.82, 2.24) is 9.80 Å². The average molecular weight is 198 g/mol. The van der Waals surface area contributed by atoms with E-state index in [1.54, 1.807) is 0 Å². The molecule has 1 atom stereocenters. The van der Waals surface area contributed by atoms with Crippen LogP contribution in [0.25, 0.3) is 0 Å². The van der Waals surface area contributed by atoms with Crippen LogP contribution in [-0.4, -0.2) is 43.2 Å². The summed E-state index contributed by atoms with van der Waals surface area (Å²) in [6.45, 7) is 7.10. The molecular weight excluding hydrogens is 172 g/mol. The van der Waals surface area contributed by atoms with Crippen LogP contribution in [0.3, 0.4) is 0 Å². The molecule has 0 aromatic heterocycles. The van der Waals surface area contributed by atoms with Gasteiger partial charge < -0.3 is 0 Å². The van der Waals surface area contributed by atoms with E-state index in [0.29, 0.717) is 6.17 Å². The molecular formula is C12H26N2. The molecule has 0 N–H and O–H groups in total. The van der Waals surface area contributed by atoms with Crippen molar-refractivity contribution < 1.29 is 0 Å². The van der Waals surface area contributed by atoms with Gasteiger partial charge in [-0.25, -0.2) is 0 Å². The average Bonchev–Trinajstić information content (AvgIpc) is 2.50. The SMILES string of the molecule is CCCCC(CC)C1N(C)CCN1C. The van der Waals surface area contributed by atoms with Crippen LogP contribution in [0.2, 0.25) is 0 Å². The van der Waals surface area contributed by atoms with E-state index in [0.717, 1.165) is 5.92 Å². The van der Waals surface area contributed by atoms with Crippen molar-refractivity contribution in [1.29, 1.82) is 0 Å². The van der Waals surface area contributed by atoms with Crippen molar-refractivity contribution in [2.75, 3.05) is 27.2 Å². The zero-order valence-corrected chi connectivity index (χ0v) is 10.3. The van der Waals surface area contributed by atoms with Gasteiger partial charge in [-0.1, -0.05) is 33.1 Å². The van der Waals surface area contributed by atoms with Crippen LogP contribution in [0.1, 0.15) is 39.5 Å². The Balaban J connectivity index is 2.49. The Labute approximate surface area is 89.3 Å². The number of nitrogens with zero attached hydrogens (tertiary/aromatic N) is 2. The van der Waals surface area contributed by atoms with E-state index >= 15 is 0 Å². The van der Waals surface area contributed by atoms with E-state index < -0.39 is 0 Å². The molecule has 2 heteroatoms. The van der Waals surface area contributed by atoms with Gasteiger partial charge in [0.25, 0.3) is 0 Å². The Morgan fingerprint density at radius 3 is 2.14 bits per heavy atom. The van der Waals surface area contributed by atoms with Gasteiger partial charge in [0.05, 0.1) is 6.17 Å². The molecule has 0 saturated carbocycles. The second-order valence-electron chi connectivity index (χ2n) is 4.69. The van der Waals surface area contributed by atoms with Gasteiger partial charge >= 0.3 is 0 Å². The molecule has 0 aromatic carbocycles. The second-order valence-corrected chi connectivity index (χ2v) is 4.69. The lowest BCUT2D eigenvalue weighted by Gasteiger charge is -2.32. The van der Waals surface area contributed by atoms with E-state index in [4.69, 9.17) is 0 Å². The largest absolute Gasteiger partial charge is 0.289 e. The fourth-order valence-corrected chi connectivity index (χ4v) is 2.67. The predicted octanol–water partition coefficient (Wildman–Crippen LogP) is 2.41. The summed E-state index contributed by atoms with van der Waals surface area (Å²) < 4.78 is 0. The normalized spacial score (nSPS) is 23.1. The molecule has 0 spiro atoms. The van der Waals surface area contributed by atoms with Crippen LogP contribution >= 0.6 is 0 Å². The van der Waals surface area contributed by atoms with E-state index in [2.05, 4.69) is 37.7 Å². The molecule has 1 saturated heterocycles.